The molecule has 28 heavy (non-hydrogen) atoms. The predicted molar refractivity (Wildman–Crippen MR) is 97.9 cm³/mol. The van der Waals surface area contributed by atoms with E-state index in [0.29, 0.717) is 18.5 Å². The summed E-state index contributed by atoms with van der Waals surface area (Å²) in [5.41, 5.74) is 4.39. The van der Waals surface area contributed by atoms with E-state index in [1.807, 2.05) is 0 Å². The number of amides is 1. The van der Waals surface area contributed by atoms with Gasteiger partial charge in [0, 0.05) is 19.3 Å². The van der Waals surface area contributed by atoms with Crippen molar-refractivity contribution in [2.24, 2.45) is 0 Å². The third-order valence-corrected chi connectivity index (χ3v) is 5.41. The van der Waals surface area contributed by atoms with Crippen molar-refractivity contribution in [1.29, 1.82) is 0 Å². The van der Waals surface area contributed by atoms with Gasteiger partial charge in [-0.15, -0.1) is 6.42 Å². The second-order valence-corrected chi connectivity index (χ2v) is 7.03. The number of aromatic nitrogens is 3. The first-order chi connectivity index (χ1) is 13.4. The molecule has 0 unspecified atom stereocenters. The van der Waals surface area contributed by atoms with E-state index < -0.39 is 30.6 Å². The molecule has 5 N–H and O–H groups in total. The Morgan fingerprint density at radius 2 is 2.14 bits per heavy atom. The number of terminal acetylenes is 1. The van der Waals surface area contributed by atoms with Crippen LogP contribution in [0, 0.1) is 12.3 Å². The van der Waals surface area contributed by atoms with Crippen molar-refractivity contribution < 1.29 is 24.9 Å². The number of likely N-dealkylation sites (tertiary alicyclic amines) is 1. The third kappa shape index (κ3) is 2.56. The van der Waals surface area contributed by atoms with E-state index in [-0.39, 0.29) is 22.9 Å². The van der Waals surface area contributed by atoms with Crippen molar-refractivity contribution >= 4 is 22.8 Å². The van der Waals surface area contributed by atoms with Gasteiger partial charge in [-0.2, -0.15) is 0 Å². The molecule has 2 aliphatic heterocycles. The number of nitrogens with two attached hydrogens (primary N) is 1. The first-order valence-corrected chi connectivity index (χ1v) is 8.97. The number of hydrogen-bond donors (Lipinski definition) is 4. The monoisotopic (exact) mass is 387 g/mol. The second kappa shape index (κ2) is 6.72. The number of carbonyl (C=O) groups is 1. The van der Waals surface area contributed by atoms with Gasteiger partial charge in [0.05, 0.1) is 17.6 Å². The number of aliphatic hydroxyl groups is 3. The number of aliphatic hydroxyl groups excluding tert-OH is 2. The van der Waals surface area contributed by atoms with Gasteiger partial charge in [-0.1, -0.05) is 5.92 Å². The Kier molecular flexibility index (Phi) is 4.47. The van der Waals surface area contributed by atoms with Crippen molar-refractivity contribution in [2.45, 2.75) is 36.9 Å². The minimum absolute atomic E-state index is 0.104. The van der Waals surface area contributed by atoms with Crippen molar-refractivity contribution in [2.75, 3.05) is 25.4 Å². The van der Waals surface area contributed by atoms with Crippen LogP contribution >= 0.6 is 0 Å². The molecule has 2 saturated heterocycles. The fourth-order valence-electron chi connectivity index (χ4n) is 3.89. The molecule has 2 fully saturated rings. The molecule has 10 heteroatoms. The molecule has 0 spiro atoms. The standard InChI is InChI=1S/C18H21N5O5/c1-2-18(27)13(25)11(8-24)28-17(18)23-7-10(16(26)22-5-3-4-6-22)12-14(19)20-9-21-15(12)23/h1,7,9,11,13,17,24-25,27H,3-6,8H2,(H2,19,20,21)/t11-,13-,17-,18-/m1/s1. The summed E-state index contributed by atoms with van der Waals surface area (Å²) in [5, 5.41) is 31.0. The Morgan fingerprint density at radius 3 is 2.79 bits per heavy atom. The van der Waals surface area contributed by atoms with Gasteiger partial charge in [0.15, 0.2) is 11.8 Å². The topological polar surface area (TPSA) is 147 Å². The molecule has 1 amide bonds. The number of nitrogen functional groups attached to an aromatic ring is 1. The van der Waals surface area contributed by atoms with Gasteiger partial charge < -0.3 is 35.3 Å². The number of hydrogen-bond acceptors (Lipinski definition) is 8. The fourth-order valence-corrected chi connectivity index (χ4v) is 3.89. The summed E-state index contributed by atoms with van der Waals surface area (Å²) in [7, 11) is 0. The summed E-state index contributed by atoms with van der Waals surface area (Å²) in [6.45, 7) is 0.731. The van der Waals surface area contributed by atoms with E-state index in [9.17, 15) is 20.1 Å². The van der Waals surface area contributed by atoms with E-state index in [2.05, 4.69) is 15.9 Å². The van der Waals surface area contributed by atoms with Crippen molar-refractivity contribution in [3.8, 4) is 12.3 Å². The lowest BCUT2D eigenvalue weighted by Gasteiger charge is -2.26. The highest BCUT2D eigenvalue weighted by Gasteiger charge is 2.56. The molecule has 148 valence electrons. The minimum atomic E-state index is -2.13. The molecule has 0 radical (unpaired) electrons. The van der Waals surface area contributed by atoms with E-state index >= 15 is 0 Å². The zero-order valence-corrected chi connectivity index (χ0v) is 15.0. The van der Waals surface area contributed by atoms with Crippen molar-refractivity contribution in [1.82, 2.24) is 19.4 Å². The van der Waals surface area contributed by atoms with Crippen LogP contribution in [0.25, 0.3) is 11.0 Å². The number of carbonyl (C=O) groups excluding carboxylic acids is 1. The zero-order chi connectivity index (χ0) is 20.1. The summed E-state index contributed by atoms with van der Waals surface area (Å²) in [5.74, 6) is 2.03. The quantitative estimate of drug-likeness (QED) is 0.484. The molecular weight excluding hydrogens is 366 g/mol. The molecular formula is C18H21N5O5. The summed E-state index contributed by atoms with van der Waals surface area (Å²) in [6, 6.07) is 0. The van der Waals surface area contributed by atoms with E-state index in [0.717, 1.165) is 12.8 Å². The second-order valence-electron chi connectivity index (χ2n) is 7.03. The maximum atomic E-state index is 13.0. The van der Waals surface area contributed by atoms with Crippen LogP contribution in [0.1, 0.15) is 29.4 Å². The Bertz CT molecular complexity index is 963. The van der Waals surface area contributed by atoms with Crippen LogP contribution in [0.5, 0.6) is 0 Å². The highest BCUT2D eigenvalue weighted by atomic mass is 16.6. The number of nitrogens with zero attached hydrogens (tertiary/aromatic N) is 4. The summed E-state index contributed by atoms with van der Waals surface area (Å²) < 4.78 is 7.00. The molecule has 2 aromatic rings. The normalized spacial score (nSPS) is 30.1. The molecule has 10 nitrogen and oxygen atoms in total. The molecule has 4 heterocycles. The summed E-state index contributed by atoms with van der Waals surface area (Å²) in [4.78, 5) is 22.9. The average Bonchev–Trinajstić information content (AvgIpc) is 3.41. The molecule has 4 atom stereocenters. The van der Waals surface area contributed by atoms with E-state index in [1.165, 1.54) is 17.1 Å². The zero-order valence-electron chi connectivity index (χ0n) is 15.0. The lowest BCUT2D eigenvalue weighted by atomic mass is 9.95. The average molecular weight is 387 g/mol. The number of fused-ring (bicyclic) bond motifs is 1. The van der Waals surface area contributed by atoms with Crippen LogP contribution < -0.4 is 5.73 Å². The number of anilines is 1. The van der Waals surface area contributed by atoms with Crippen LogP contribution in [-0.4, -0.2) is 78.2 Å². The maximum absolute atomic E-state index is 13.0. The molecule has 0 aliphatic carbocycles. The lowest BCUT2D eigenvalue weighted by Crippen LogP contribution is -2.45. The molecule has 0 saturated carbocycles. The van der Waals surface area contributed by atoms with Crippen LogP contribution in [-0.2, 0) is 4.74 Å². The van der Waals surface area contributed by atoms with Gasteiger partial charge in [0.25, 0.3) is 5.91 Å². The molecule has 0 bridgehead atoms. The summed E-state index contributed by atoms with van der Waals surface area (Å²) >= 11 is 0. The van der Waals surface area contributed by atoms with Crippen LogP contribution in [0.4, 0.5) is 5.82 Å². The largest absolute Gasteiger partial charge is 0.394 e. The number of rotatable bonds is 3. The summed E-state index contributed by atoms with van der Waals surface area (Å²) in [6.07, 6.45) is 6.09. The van der Waals surface area contributed by atoms with Crippen molar-refractivity contribution in [3.05, 3.63) is 18.1 Å². The lowest BCUT2D eigenvalue weighted by molar-refractivity contribution is -0.0718. The van der Waals surface area contributed by atoms with Crippen LogP contribution in [0.3, 0.4) is 0 Å². The number of ether oxygens (including phenoxy) is 1. The van der Waals surface area contributed by atoms with Crippen molar-refractivity contribution in [3.63, 3.8) is 0 Å². The predicted octanol–water partition coefficient (Wildman–Crippen LogP) is -1.14. The molecule has 2 aromatic heterocycles. The highest BCUT2D eigenvalue weighted by molar-refractivity contribution is 6.09. The van der Waals surface area contributed by atoms with Gasteiger partial charge in [-0.25, -0.2) is 9.97 Å². The van der Waals surface area contributed by atoms with Crippen LogP contribution in [0.15, 0.2) is 12.5 Å². The van der Waals surface area contributed by atoms with Crippen LogP contribution in [0.2, 0.25) is 0 Å². The Hall–Kier alpha value is -2.71. The Labute approximate surface area is 160 Å². The smallest absolute Gasteiger partial charge is 0.256 e. The third-order valence-electron chi connectivity index (χ3n) is 5.41. The molecule has 4 rings (SSSR count). The maximum Gasteiger partial charge on any atom is 0.256 e. The first kappa shape index (κ1) is 18.6. The van der Waals surface area contributed by atoms with Gasteiger partial charge in [-0.05, 0) is 12.8 Å². The SMILES string of the molecule is C#C[C@@]1(O)[C@H](O)[C@@H](CO)O[C@H]1n1cc(C(=O)N2CCCC2)c2c(N)ncnc21. The minimum Gasteiger partial charge on any atom is -0.394 e. The van der Waals surface area contributed by atoms with Gasteiger partial charge in [0.2, 0.25) is 0 Å². The van der Waals surface area contributed by atoms with Gasteiger partial charge >= 0.3 is 0 Å². The Morgan fingerprint density at radius 1 is 1.43 bits per heavy atom. The van der Waals surface area contributed by atoms with E-state index in [4.69, 9.17) is 16.9 Å². The Balaban J connectivity index is 1.88. The first-order valence-electron chi connectivity index (χ1n) is 8.97. The highest BCUT2D eigenvalue weighted by Crippen LogP contribution is 2.41. The van der Waals surface area contributed by atoms with E-state index in [1.54, 1.807) is 4.90 Å². The fraction of sp³-hybridized carbons (Fsp3) is 0.500. The van der Waals surface area contributed by atoms with Gasteiger partial charge in [-0.3, -0.25) is 4.79 Å². The molecule has 2 aliphatic rings. The molecule has 0 aromatic carbocycles. The van der Waals surface area contributed by atoms with Gasteiger partial charge in [0.1, 0.15) is 30.0 Å².